The van der Waals surface area contributed by atoms with Crippen molar-refractivity contribution in [2.45, 2.75) is 31.5 Å². The van der Waals surface area contributed by atoms with Crippen LogP contribution >= 0.6 is 0 Å². The summed E-state index contributed by atoms with van der Waals surface area (Å²) in [5, 5.41) is 0. The number of carbonyl (C=O) groups excluding carboxylic acids is 2. The molecule has 44 heavy (non-hydrogen) atoms. The van der Waals surface area contributed by atoms with E-state index in [1.807, 2.05) is 62.4 Å². The van der Waals surface area contributed by atoms with Crippen molar-refractivity contribution in [3.63, 3.8) is 0 Å². The van der Waals surface area contributed by atoms with Crippen molar-refractivity contribution in [2.24, 2.45) is 0 Å². The van der Waals surface area contributed by atoms with Gasteiger partial charge >= 0.3 is 6.09 Å². The Labute approximate surface area is 255 Å². The van der Waals surface area contributed by atoms with Crippen molar-refractivity contribution in [1.29, 1.82) is 0 Å². The van der Waals surface area contributed by atoms with E-state index < -0.39 is 22.2 Å². The number of anilines is 1. The predicted molar refractivity (Wildman–Crippen MR) is 163 cm³/mol. The number of nitrogens with one attached hydrogen (secondary N) is 1. The first kappa shape index (κ1) is 29.1. The number of sulfonamides is 1. The third-order valence-electron chi connectivity index (χ3n) is 7.58. The molecular weight excluding hydrogens is 582 g/mol. The average molecular weight is 614 g/mol. The van der Waals surface area contributed by atoms with Crippen molar-refractivity contribution >= 4 is 28.0 Å². The van der Waals surface area contributed by atoms with Gasteiger partial charge in [0.25, 0.3) is 15.9 Å². The van der Waals surface area contributed by atoms with Crippen molar-refractivity contribution in [2.75, 3.05) is 30.9 Å². The number of benzene rings is 3. The molecule has 1 atom stereocenters. The topological polar surface area (TPSA) is 131 Å². The molecule has 6 rings (SSSR count). The van der Waals surface area contributed by atoms with Gasteiger partial charge in [-0.3, -0.25) is 4.79 Å². The number of aromatic nitrogens is 2. The first-order valence-electron chi connectivity index (χ1n) is 14.2. The second kappa shape index (κ2) is 12.0. The fourth-order valence-electron chi connectivity index (χ4n) is 5.42. The summed E-state index contributed by atoms with van der Waals surface area (Å²) in [6, 6.07) is 22.6. The summed E-state index contributed by atoms with van der Waals surface area (Å²) in [4.78, 5) is 38.8. The summed E-state index contributed by atoms with van der Waals surface area (Å²) in [5.74, 6) is -0.470. The van der Waals surface area contributed by atoms with Crippen LogP contribution in [0.15, 0.2) is 83.8 Å². The molecule has 1 saturated heterocycles. The van der Waals surface area contributed by atoms with Crippen LogP contribution in [-0.4, -0.2) is 72.5 Å². The maximum absolute atomic E-state index is 13.7. The van der Waals surface area contributed by atoms with Gasteiger partial charge in [0.2, 0.25) is 11.8 Å². The molecule has 2 amide bonds. The summed E-state index contributed by atoms with van der Waals surface area (Å²) in [5.41, 5.74) is 4.20. The molecule has 3 heterocycles. The summed E-state index contributed by atoms with van der Waals surface area (Å²) in [6.45, 7) is 4.61. The quantitative estimate of drug-likeness (QED) is 0.360. The molecule has 4 aromatic rings. The molecule has 0 saturated carbocycles. The van der Waals surface area contributed by atoms with Gasteiger partial charge in [0.15, 0.2) is 0 Å². The van der Waals surface area contributed by atoms with Crippen LogP contribution in [0.2, 0.25) is 0 Å². The van der Waals surface area contributed by atoms with Crippen molar-refractivity contribution < 1.29 is 27.5 Å². The van der Waals surface area contributed by atoms with E-state index in [1.54, 1.807) is 17.0 Å². The van der Waals surface area contributed by atoms with Crippen LogP contribution in [0.5, 0.6) is 5.88 Å². The van der Waals surface area contributed by atoms with Crippen LogP contribution in [0.1, 0.15) is 27.0 Å². The van der Waals surface area contributed by atoms with E-state index in [0.717, 1.165) is 22.3 Å². The predicted octanol–water partition coefficient (Wildman–Crippen LogP) is 4.42. The van der Waals surface area contributed by atoms with Gasteiger partial charge in [0.1, 0.15) is 12.7 Å². The standard InChI is InChI=1S/C32H31N5O6S/c1-21-8-6-9-22(2)29(21)27-17-28-34-31(33-27)35-44(40,41)26-13-7-12-24(16-26)30(38)36-14-15-37(19-25(18-36)43-28)32(39)42-20-23-10-4-3-5-11-23/h3-13,16-17,25H,14-15,18-20H2,1-2H3,(H,33,34,35)/t25-/m0/s1. The van der Waals surface area contributed by atoms with Crippen molar-refractivity contribution in [3.8, 4) is 17.1 Å². The zero-order valence-corrected chi connectivity index (χ0v) is 25.1. The Bertz CT molecular complexity index is 1810. The molecule has 226 valence electrons. The third-order valence-corrected chi connectivity index (χ3v) is 8.91. The van der Waals surface area contributed by atoms with E-state index in [0.29, 0.717) is 5.69 Å². The molecule has 0 unspecified atom stereocenters. The number of fused-ring (bicyclic) bond motifs is 6. The Morgan fingerprint density at radius 3 is 2.48 bits per heavy atom. The van der Waals surface area contributed by atoms with Crippen molar-refractivity contribution in [1.82, 2.24) is 19.8 Å². The molecule has 11 nitrogen and oxygen atoms in total. The van der Waals surface area contributed by atoms with E-state index >= 15 is 0 Å². The minimum atomic E-state index is -4.15. The highest BCUT2D eigenvalue weighted by atomic mass is 32.2. The molecule has 2 aliphatic rings. The molecule has 1 aromatic heterocycles. The van der Waals surface area contributed by atoms with Gasteiger partial charge in [0, 0.05) is 30.3 Å². The summed E-state index contributed by atoms with van der Waals surface area (Å²) < 4.78 is 41.2. The number of aryl methyl sites for hydroxylation is 2. The van der Waals surface area contributed by atoms with Gasteiger partial charge < -0.3 is 19.3 Å². The minimum Gasteiger partial charge on any atom is -0.470 e. The monoisotopic (exact) mass is 613 g/mol. The molecule has 0 spiro atoms. The molecule has 0 aliphatic carbocycles. The lowest BCUT2D eigenvalue weighted by Gasteiger charge is -2.25. The Kier molecular flexibility index (Phi) is 7.92. The van der Waals surface area contributed by atoms with Gasteiger partial charge in [-0.05, 0) is 48.7 Å². The first-order chi connectivity index (χ1) is 21.2. The van der Waals surface area contributed by atoms with Gasteiger partial charge in [-0.2, -0.15) is 4.98 Å². The number of carbonyl (C=O) groups is 2. The number of hydrogen-bond acceptors (Lipinski definition) is 8. The SMILES string of the molecule is Cc1cccc(C)c1-c1cc2nc(n1)NS(=O)(=O)c1cccc(c1)C(=O)N1CCN(C(=O)OCc3ccccc3)C[C@H](C1)O2. The normalized spacial score (nSPS) is 17.6. The number of nitrogens with zero attached hydrogens (tertiary/aromatic N) is 4. The maximum atomic E-state index is 13.7. The van der Waals surface area contributed by atoms with Gasteiger partial charge in [-0.1, -0.05) is 54.6 Å². The summed E-state index contributed by atoms with van der Waals surface area (Å²) in [7, 11) is -4.15. The largest absolute Gasteiger partial charge is 0.470 e. The van der Waals surface area contributed by atoms with Gasteiger partial charge in [-0.15, -0.1) is 0 Å². The zero-order valence-electron chi connectivity index (χ0n) is 24.3. The molecule has 2 aliphatic heterocycles. The smallest absolute Gasteiger partial charge is 0.410 e. The highest BCUT2D eigenvalue weighted by molar-refractivity contribution is 7.92. The summed E-state index contributed by atoms with van der Waals surface area (Å²) >= 11 is 0. The lowest BCUT2D eigenvalue weighted by Crippen LogP contribution is -2.41. The summed E-state index contributed by atoms with van der Waals surface area (Å²) in [6.07, 6.45) is -1.24. The van der Waals surface area contributed by atoms with Crippen LogP contribution < -0.4 is 9.46 Å². The molecule has 6 bridgehead atoms. The zero-order chi connectivity index (χ0) is 30.8. The minimum absolute atomic E-state index is 0.0956. The highest BCUT2D eigenvalue weighted by Crippen LogP contribution is 2.30. The molecular formula is C32H31N5O6S. The van der Waals surface area contributed by atoms with Gasteiger partial charge in [-0.25, -0.2) is 22.9 Å². The fourth-order valence-corrected chi connectivity index (χ4v) is 6.40. The number of hydrogen-bond donors (Lipinski definition) is 1. The highest BCUT2D eigenvalue weighted by Gasteiger charge is 2.32. The molecule has 0 radical (unpaired) electrons. The second-order valence-electron chi connectivity index (χ2n) is 10.8. The van der Waals surface area contributed by atoms with E-state index in [4.69, 9.17) is 9.47 Å². The van der Waals surface area contributed by atoms with E-state index in [-0.39, 0.29) is 61.0 Å². The van der Waals surface area contributed by atoms with E-state index in [1.165, 1.54) is 23.1 Å². The van der Waals surface area contributed by atoms with E-state index in [2.05, 4.69) is 14.7 Å². The van der Waals surface area contributed by atoms with Crippen LogP contribution in [0.4, 0.5) is 10.7 Å². The van der Waals surface area contributed by atoms with Crippen LogP contribution in [0.3, 0.4) is 0 Å². The Morgan fingerprint density at radius 1 is 0.955 bits per heavy atom. The Hall–Kier alpha value is -4.97. The second-order valence-corrected chi connectivity index (χ2v) is 12.5. The lowest BCUT2D eigenvalue weighted by atomic mass is 10.00. The number of ether oxygens (including phenoxy) is 2. The molecule has 1 N–H and O–H groups in total. The third kappa shape index (κ3) is 6.20. The van der Waals surface area contributed by atoms with E-state index in [9.17, 15) is 18.0 Å². The first-order valence-corrected chi connectivity index (χ1v) is 15.6. The molecule has 12 heteroatoms. The number of rotatable bonds is 3. The fraction of sp³-hybridized carbons (Fsp3) is 0.250. The molecule has 1 fully saturated rings. The maximum Gasteiger partial charge on any atom is 0.410 e. The van der Waals surface area contributed by atoms with Crippen LogP contribution in [0.25, 0.3) is 11.3 Å². The average Bonchev–Trinajstić information content (AvgIpc) is 3.22. The Balaban J connectivity index is 1.40. The number of amides is 2. The molecule has 3 aromatic carbocycles. The van der Waals surface area contributed by atoms with Crippen molar-refractivity contribution in [3.05, 3.63) is 101 Å². The van der Waals surface area contributed by atoms with Crippen LogP contribution in [0, 0.1) is 13.8 Å². The van der Waals surface area contributed by atoms with Gasteiger partial charge in [0.05, 0.1) is 23.7 Å². The Morgan fingerprint density at radius 2 is 1.70 bits per heavy atom. The van der Waals surface area contributed by atoms with Crippen LogP contribution in [-0.2, 0) is 21.4 Å². The lowest BCUT2D eigenvalue weighted by molar-refractivity contribution is 0.0684.